The Hall–Kier alpha value is -3.78. The number of ether oxygens (including phenoxy) is 4. The van der Waals surface area contributed by atoms with E-state index in [0.29, 0.717) is 25.5 Å². The van der Waals surface area contributed by atoms with Gasteiger partial charge < -0.3 is 23.8 Å². The molecule has 0 spiro atoms. The van der Waals surface area contributed by atoms with Gasteiger partial charge in [-0.25, -0.2) is 9.78 Å². The Balaban J connectivity index is 1.44. The van der Waals surface area contributed by atoms with Crippen LogP contribution in [0, 0.1) is 0 Å². The van der Waals surface area contributed by atoms with Crippen LogP contribution in [0.1, 0.15) is 25.8 Å². The van der Waals surface area contributed by atoms with E-state index in [2.05, 4.69) is 17.0 Å². The molecule has 0 saturated carbocycles. The maximum Gasteiger partial charge on any atom is 0.347 e. The lowest BCUT2D eigenvalue weighted by atomic mass is 10.2. The number of benzene rings is 3. The summed E-state index contributed by atoms with van der Waals surface area (Å²) in [4.78, 5) is 19.1. The van der Waals surface area contributed by atoms with Crippen molar-refractivity contribution < 1.29 is 23.7 Å². The molecule has 0 saturated heterocycles. The third-order valence-corrected chi connectivity index (χ3v) is 6.75. The van der Waals surface area contributed by atoms with E-state index in [1.165, 1.54) is 0 Å². The second-order valence-corrected chi connectivity index (χ2v) is 9.43. The largest absolute Gasteiger partial charge is 0.497 e. The topological polar surface area (TPSA) is 70.1 Å². The summed E-state index contributed by atoms with van der Waals surface area (Å²) in [6.07, 6.45) is 0.142. The highest BCUT2D eigenvalue weighted by atomic mass is 32.1. The number of para-hydroxylation sites is 1. The fraction of sp³-hybridized carbons (Fsp3) is 0.310. The Kier molecular flexibility index (Phi) is 9.21. The number of fused-ring (bicyclic) bond motifs is 1. The average Bonchev–Trinajstić information content (AvgIpc) is 3.35. The number of rotatable bonds is 13. The van der Waals surface area contributed by atoms with Gasteiger partial charge in [-0.05, 0) is 74.4 Å². The standard InChI is InChI=1S/C29H32N2O5S/c1-4-34-28(32)21(2)36-25-10-7-9-22(19-25)20-31(29-30-26-11-5-6-12-27(26)37-29)17-8-18-35-24-15-13-23(33-3)14-16-24/h5-7,9-16,19,21H,4,8,17-18,20H2,1-3H3. The molecule has 0 bridgehead atoms. The van der Waals surface area contributed by atoms with E-state index in [1.807, 2.05) is 60.7 Å². The normalized spacial score (nSPS) is 11.6. The van der Waals surface area contributed by atoms with Crippen LogP contribution in [0.3, 0.4) is 0 Å². The predicted octanol–water partition coefficient (Wildman–Crippen LogP) is 6.11. The number of esters is 1. The molecule has 4 rings (SSSR count). The summed E-state index contributed by atoms with van der Waals surface area (Å²) < 4.78 is 23.2. The Morgan fingerprint density at radius 3 is 2.54 bits per heavy atom. The molecule has 3 aromatic carbocycles. The molecule has 0 N–H and O–H groups in total. The maximum absolute atomic E-state index is 12.0. The summed E-state index contributed by atoms with van der Waals surface area (Å²) in [6.45, 7) is 5.79. The number of thiazole rings is 1. The van der Waals surface area contributed by atoms with Gasteiger partial charge in [0.25, 0.3) is 0 Å². The molecule has 4 aromatic rings. The second-order valence-electron chi connectivity index (χ2n) is 8.42. The molecule has 7 nitrogen and oxygen atoms in total. The Morgan fingerprint density at radius 2 is 1.78 bits per heavy atom. The highest BCUT2D eigenvalue weighted by Crippen LogP contribution is 2.30. The summed E-state index contributed by atoms with van der Waals surface area (Å²) in [5.74, 6) is 1.87. The summed E-state index contributed by atoms with van der Waals surface area (Å²) in [5, 5.41) is 0.955. The van der Waals surface area contributed by atoms with Crippen molar-refractivity contribution >= 4 is 32.7 Å². The molecule has 194 valence electrons. The lowest BCUT2D eigenvalue weighted by Crippen LogP contribution is -2.26. The van der Waals surface area contributed by atoms with Gasteiger partial charge in [-0.15, -0.1) is 0 Å². The number of hydrogen-bond acceptors (Lipinski definition) is 8. The van der Waals surface area contributed by atoms with Crippen LogP contribution >= 0.6 is 11.3 Å². The SMILES string of the molecule is CCOC(=O)C(C)Oc1cccc(CN(CCCOc2ccc(OC)cc2)c2nc3ccccc3s2)c1. The van der Waals surface area contributed by atoms with Crippen LogP contribution in [0.4, 0.5) is 5.13 Å². The molecule has 0 amide bonds. The number of aromatic nitrogens is 1. The quantitative estimate of drug-likeness (QED) is 0.156. The first-order chi connectivity index (χ1) is 18.1. The molecular formula is C29H32N2O5S. The van der Waals surface area contributed by atoms with Gasteiger partial charge in [0.2, 0.25) is 0 Å². The van der Waals surface area contributed by atoms with Gasteiger partial charge >= 0.3 is 5.97 Å². The first-order valence-electron chi connectivity index (χ1n) is 12.4. The molecule has 1 aromatic heterocycles. The van der Waals surface area contributed by atoms with E-state index in [-0.39, 0.29) is 5.97 Å². The van der Waals surface area contributed by atoms with Crippen molar-refractivity contribution in [2.24, 2.45) is 0 Å². The summed E-state index contributed by atoms with van der Waals surface area (Å²) in [5.41, 5.74) is 2.05. The van der Waals surface area contributed by atoms with Gasteiger partial charge in [-0.1, -0.05) is 35.6 Å². The third kappa shape index (κ3) is 7.36. The number of carbonyl (C=O) groups is 1. The van der Waals surface area contributed by atoms with Gasteiger partial charge in [-0.3, -0.25) is 0 Å². The second kappa shape index (κ2) is 13.0. The number of anilines is 1. The molecule has 1 heterocycles. The Bertz CT molecular complexity index is 1260. The molecule has 0 aliphatic carbocycles. The van der Waals surface area contributed by atoms with E-state index in [9.17, 15) is 4.79 Å². The van der Waals surface area contributed by atoms with Crippen LogP contribution in [0.2, 0.25) is 0 Å². The van der Waals surface area contributed by atoms with Gasteiger partial charge in [0.05, 0.1) is 30.5 Å². The lowest BCUT2D eigenvalue weighted by Gasteiger charge is -2.22. The molecule has 0 aliphatic heterocycles. The highest BCUT2D eigenvalue weighted by Gasteiger charge is 2.17. The molecule has 0 fully saturated rings. The lowest BCUT2D eigenvalue weighted by molar-refractivity contribution is -0.150. The summed E-state index contributed by atoms with van der Waals surface area (Å²) in [6, 6.07) is 23.6. The number of nitrogens with zero attached hydrogens (tertiary/aromatic N) is 2. The fourth-order valence-electron chi connectivity index (χ4n) is 3.80. The van der Waals surface area contributed by atoms with Crippen molar-refractivity contribution in [2.75, 3.05) is 31.8 Å². The van der Waals surface area contributed by atoms with E-state index in [1.54, 1.807) is 32.3 Å². The van der Waals surface area contributed by atoms with E-state index in [0.717, 1.165) is 45.4 Å². The molecule has 37 heavy (non-hydrogen) atoms. The van der Waals surface area contributed by atoms with Crippen molar-refractivity contribution in [2.45, 2.75) is 32.9 Å². The van der Waals surface area contributed by atoms with Crippen LogP contribution in [0.5, 0.6) is 17.2 Å². The maximum atomic E-state index is 12.0. The number of hydrogen-bond donors (Lipinski definition) is 0. The minimum atomic E-state index is -0.675. The third-order valence-electron chi connectivity index (χ3n) is 5.66. The van der Waals surface area contributed by atoms with Crippen molar-refractivity contribution in [3.63, 3.8) is 0 Å². The van der Waals surface area contributed by atoms with Crippen molar-refractivity contribution in [3.05, 3.63) is 78.4 Å². The van der Waals surface area contributed by atoms with Crippen molar-refractivity contribution in [1.29, 1.82) is 0 Å². The number of carbonyl (C=O) groups excluding carboxylic acids is 1. The van der Waals surface area contributed by atoms with Gasteiger partial charge in [0, 0.05) is 13.1 Å². The van der Waals surface area contributed by atoms with E-state index in [4.69, 9.17) is 23.9 Å². The van der Waals surface area contributed by atoms with Crippen molar-refractivity contribution in [1.82, 2.24) is 4.98 Å². The Morgan fingerprint density at radius 1 is 1.00 bits per heavy atom. The highest BCUT2D eigenvalue weighted by molar-refractivity contribution is 7.22. The zero-order valence-corrected chi connectivity index (χ0v) is 22.2. The average molecular weight is 521 g/mol. The van der Waals surface area contributed by atoms with Gasteiger partial charge in [-0.2, -0.15) is 0 Å². The van der Waals surface area contributed by atoms with Crippen LogP contribution < -0.4 is 19.1 Å². The van der Waals surface area contributed by atoms with Gasteiger partial charge in [0.1, 0.15) is 17.2 Å². The predicted molar refractivity (Wildman–Crippen MR) is 147 cm³/mol. The molecule has 8 heteroatoms. The summed E-state index contributed by atoms with van der Waals surface area (Å²) in [7, 11) is 1.65. The Labute approximate surface area is 221 Å². The van der Waals surface area contributed by atoms with Crippen molar-refractivity contribution in [3.8, 4) is 17.2 Å². The van der Waals surface area contributed by atoms with Crippen LogP contribution in [0.25, 0.3) is 10.2 Å². The monoisotopic (exact) mass is 520 g/mol. The zero-order valence-electron chi connectivity index (χ0n) is 21.4. The van der Waals surface area contributed by atoms with Crippen LogP contribution in [0.15, 0.2) is 72.8 Å². The molecule has 0 aliphatic rings. The molecule has 1 unspecified atom stereocenters. The minimum absolute atomic E-state index is 0.325. The van der Waals surface area contributed by atoms with Crippen LogP contribution in [-0.4, -0.2) is 43.9 Å². The van der Waals surface area contributed by atoms with E-state index < -0.39 is 6.10 Å². The molecule has 1 atom stereocenters. The zero-order chi connectivity index (χ0) is 26.0. The van der Waals surface area contributed by atoms with Crippen LogP contribution in [-0.2, 0) is 16.1 Å². The first-order valence-corrected chi connectivity index (χ1v) is 13.2. The van der Waals surface area contributed by atoms with E-state index >= 15 is 0 Å². The summed E-state index contributed by atoms with van der Waals surface area (Å²) >= 11 is 1.68. The minimum Gasteiger partial charge on any atom is -0.497 e. The fourth-order valence-corrected chi connectivity index (χ4v) is 4.79. The smallest absolute Gasteiger partial charge is 0.347 e. The first kappa shape index (κ1) is 26.3. The molecule has 0 radical (unpaired) electrons. The van der Waals surface area contributed by atoms with Gasteiger partial charge in [0.15, 0.2) is 11.2 Å². The number of methoxy groups -OCH3 is 1. The molecular weight excluding hydrogens is 488 g/mol.